The van der Waals surface area contributed by atoms with E-state index in [1.54, 1.807) is 11.3 Å². The lowest BCUT2D eigenvalue weighted by molar-refractivity contribution is -0.122. The highest BCUT2D eigenvalue weighted by Crippen LogP contribution is 2.28. The van der Waals surface area contributed by atoms with Crippen LogP contribution in [0.2, 0.25) is 0 Å². The summed E-state index contributed by atoms with van der Waals surface area (Å²) in [4.78, 5) is 13.0. The van der Waals surface area contributed by atoms with Crippen LogP contribution in [0.1, 0.15) is 31.6 Å². The predicted molar refractivity (Wildman–Crippen MR) is 83.8 cm³/mol. The summed E-state index contributed by atoms with van der Waals surface area (Å²) in [5.41, 5.74) is 0. The number of amides is 1. The monoisotopic (exact) mass is 354 g/mol. The van der Waals surface area contributed by atoms with Gasteiger partial charge in [0.1, 0.15) is 0 Å². The van der Waals surface area contributed by atoms with Crippen molar-refractivity contribution in [3.8, 4) is 0 Å². The highest BCUT2D eigenvalue weighted by molar-refractivity contribution is 9.11. The summed E-state index contributed by atoms with van der Waals surface area (Å²) in [6.45, 7) is 7.65. The fourth-order valence-electron chi connectivity index (χ4n) is 1.52. The Morgan fingerprint density at radius 1 is 1.44 bits per heavy atom. The zero-order chi connectivity index (χ0) is 12.8. The standard InChI is InChI=1S/C12H19BrN2OS.ClH/c1-4-14-8(2)7-15-12(16)9(3)10-5-6-11(13)17-10;/h5-6,8-9,14H,4,7H2,1-3H3,(H,15,16);1H/t8-,9?;/m1./s1. The average molecular weight is 356 g/mol. The van der Waals surface area contributed by atoms with Crippen LogP contribution in [-0.4, -0.2) is 25.0 Å². The van der Waals surface area contributed by atoms with E-state index >= 15 is 0 Å². The first-order valence-corrected chi connectivity index (χ1v) is 7.41. The third-order valence-electron chi connectivity index (χ3n) is 2.55. The van der Waals surface area contributed by atoms with Crippen LogP contribution in [0.3, 0.4) is 0 Å². The van der Waals surface area contributed by atoms with Crippen molar-refractivity contribution < 1.29 is 4.79 Å². The lowest BCUT2D eigenvalue weighted by atomic mass is 10.1. The molecule has 0 aliphatic rings. The highest BCUT2D eigenvalue weighted by Gasteiger charge is 2.17. The van der Waals surface area contributed by atoms with Gasteiger partial charge in [-0.3, -0.25) is 4.79 Å². The van der Waals surface area contributed by atoms with Gasteiger partial charge in [0.2, 0.25) is 5.91 Å². The van der Waals surface area contributed by atoms with Crippen LogP contribution in [0.4, 0.5) is 0 Å². The molecule has 3 nitrogen and oxygen atoms in total. The Morgan fingerprint density at radius 3 is 2.61 bits per heavy atom. The van der Waals surface area contributed by atoms with Gasteiger partial charge >= 0.3 is 0 Å². The summed E-state index contributed by atoms with van der Waals surface area (Å²) in [5, 5.41) is 6.23. The number of rotatable bonds is 6. The number of carbonyl (C=O) groups excluding carboxylic acids is 1. The lowest BCUT2D eigenvalue weighted by Crippen LogP contribution is -2.40. The summed E-state index contributed by atoms with van der Waals surface area (Å²) in [6.07, 6.45) is 0. The molecule has 0 radical (unpaired) electrons. The molecule has 1 amide bonds. The third-order valence-corrected chi connectivity index (χ3v) is 4.36. The van der Waals surface area contributed by atoms with Gasteiger partial charge in [0.15, 0.2) is 0 Å². The Balaban J connectivity index is 0.00000289. The van der Waals surface area contributed by atoms with E-state index in [1.165, 1.54) is 0 Å². The van der Waals surface area contributed by atoms with Crippen molar-refractivity contribution in [1.82, 2.24) is 10.6 Å². The smallest absolute Gasteiger partial charge is 0.228 e. The van der Waals surface area contributed by atoms with Gasteiger partial charge in [0.05, 0.1) is 9.70 Å². The van der Waals surface area contributed by atoms with Gasteiger partial charge in [-0.1, -0.05) is 6.92 Å². The van der Waals surface area contributed by atoms with Gasteiger partial charge in [0.25, 0.3) is 0 Å². The molecule has 1 heterocycles. The summed E-state index contributed by atoms with van der Waals surface area (Å²) in [7, 11) is 0. The Labute approximate surface area is 127 Å². The maximum absolute atomic E-state index is 11.9. The van der Waals surface area contributed by atoms with E-state index in [9.17, 15) is 4.79 Å². The van der Waals surface area contributed by atoms with E-state index in [0.717, 1.165) is 15.2 Å². The molecule has 0 spiro atoms. The summed E-state index contributed by atoms with van der Waals surface area (Å²) >= 11 is 5.02. The molecule has 0 aromatic carbocycles. The van der Waals surface area contributed by atoms with E-state index in [2.05, 4.69) is 40.4 Å². The third kappa shape index (κ3) is 5.69. The second-order valence-corrected chi connectivity index (χ2v) is 6.56. The number of hydrogen-bond acceptors (Lipinski definition) is 3. The zero-order valence-electron chi connectivity index (χ0n) is 10.8. The number of carbonyl (C=O) groups is 1. The number of likely N-dealkylation sites (N-methyl/N-ethyl adjacent to an activating group) is 1. The molecule has 2 N–H and O–H groups in total. The largest absolute Gasteiger partial charge is 0.354 e. The van der Waals surface area contributed by atoms with Crippen LogP contribution in [-0.2, 0) is 4.79 Å². The first-order valence-electron chi connectivity index (χ1n) is 5.81. The second-order valence-electron chi connectivity index (χ2n) is 4.07. The van der Waals surface area contributed by atoms with Gasteiger partial charge in [0, 0.05) is 17.5 Å². The predicted octanol–water partition coefficient (Wildman–Crippen LogP) is 3.15. The van der Waals surface area contributed by atoms with Crippen molar-refractivity contribution >= 4 is 45.6 Å². The molecule has 1 rings (SSSR count). The number of hydrogen-bond donors (Lipinski definition) is 2. The van der Waals surface area contributed by atoms with Crippen LogP contribution in [0.5, 0.6) is 0 Å². The maximum Gasteiger partial charge on any atom is 0.228 e. The molecule has 0 aliphatic carbocycles. The molecule has 0 saturated carbocycles. The van der Waals surface area contributed by atoms with E-state index in [-0.39, 0.29) is 24.2 Å². The molecular weight excluding hydrogens is 336 g/mol. The van der Waals surface area contributed by atoms with Gasteiger partial charge in [-0.15, -0.1) is 23.7 Å². The zero-order valence-corrected chi connectivity index (χ0v) is 14.0. The van der Waals surface area contributed by atoms with E-state index in [4.69, 9.17) is 0 Å². The van der Waals surface area contributed by atoms with Crippen LogP contribution < -0.4 is 10.6 Å². The first kappa shape index (κ1) is 17.9. The number of nitrogens with one attached hydrogen (secondary N) is 2. The minimum atomic E-state index is -0.0832. The molecule has 6 heteroatoms. The topological polar surface area (TPSA) is 41.1 Å². The van der Waals surface area contributed by atoms with Gasteiger partial charge < -0.3 is 10.6 Å². The molecule has 2 atom stereocenters. The van der Waals surface area contributed by atoms with Crippen LogP contribution in [0.25, 0.3) is 0 Å². The van der Waals surface area contributed by atoms with Crippen molar-refractivity contribution in [1.29, 1.82) is 0 Å². The Hall–Kier alpha value is -0.100. The van der Waals surface area contributed by atoms with E-state index in [1.807, 2.05) is 19.1 Å². The lowest BCUT2D eigenvalue weighted by Gasteiger charge is -2.15. The Bertz CT molecular complexity index is 373. The van der Waals surface area contributed by atoms with Crippen LogP contribution in [0, 0.1) is 0 Å². The highest BCUT2D eigenvalue weighted by atomic mass is 79.9. The van der Waals surface area contributed by atoms with Crippen molar-refractivity contribution in [3.05, 3.63) is 20.8 Å². The molecular formula is C12H20BrClN2OS. The average Bonchev–Trinajstić information content (AvgIpc) is 2.72. The summed E-state index contributed by atoms with van der Waals surface area (Å²) < 4.78 is 1.06. The van der Waals surface area contributed by atoms with Crippen LogP contribution in [0.15, 0.2) is 15.9 Å². The van der Waals surface area contributed by atoms with E-state index < -0.39 is 0 Å². The molecule has 0 aliphatic heterocycles. The minimum absolute atomic E-state index is 0. The Kier molecular flexibility index (Phi) is 8.86. The molecule has 0 fully saturated rings. The van der Waals surface area contributed by atoms with Gasteiger partial charge in [-0.25, -0.2) is 0 Å². The molecule has 1 aromatic heterocycles. The van der Waals surface area contributed by atoms with Crippen molar-refractivity contribution in [2.45, 2.75) is 32.7 Å². The molecule has 18 heavy (non-hydrogen) atoms. The summed E-state index contributed by atoms with van der Waals surface area (Å²) in [6, 6.07) is 4.28. The molecule has 0 bridgehead atoms. The SMILES string of the molecule is CCN[C@H](C)CNC(=O)C(C)c1ccc(Br)s1.Cl. The fourth-order valence-corrected chi connectivity index (χ4v) is 2.99. The normalized spacial score (nSPS) is 13.6. The molecule has 0 saturated heterocycles. The Morgan fingerprint density at radius 2 is 2.11 bits per heavy atom. The number of halogens is 2. The first-order chi connectivity index (χ1) is 8.04. The van der Waals surface area contributed by atoms with Crippen LogP contribution >= 0.6 is 39.7 Å². The fraction of sp³-hybridized carbons (Fsp3) is 0.583. The van der Waals surface area contributed by atoms with E-state index in [0.29, 0.717) is 12.6 Å². The van der Waals surface area contributed by atoms with Crippen molar-refractivity contribution in [3.63, 3.8) is 0 Å². The quantitative estimate of drug-likeness (QED) is 0.823. The van der Waals surface area contributed by atoms with Crippen molar-refractivity contribution in [2.24, 2.45) is 0 Å². The van der Waals surface area contributed by atoms with Gasteiger partial charge in [-0.2, -0.15) is 0 Å². The molecule has 1 aromatic rings. The summed E-state index contributed by atoms with van der Waals surface area (Å²) in [5.74, 6) is 0.00392. The number of thiophene rings is 1. The minimum Gasteiger partial charge on any atom is -0.354 e. The molecule has 104 valence electrons. The van der Waals surface area contributed by atoms with Crippen molar-refractivity contribution in [2.75, 3.05) is 13.1 Å². The van der Waals surface area contributed by atoms with Gasteiger partial charge in [-0.05, 0) is 48.5 Å². The second kappa shape index (κ2) is 8.91. The maximum atomic E-state index is 11.9. The molecule has 1 unspecified atom stereocenters.